The van der Waals surface area contributed by atoms with Gasteiger partial charge in [0, 0.05) is 51.8 Å². The molecule has 1 aromatic heterocycles. The number of carbonyl (C=O) groups excluding carboxylic acids is 2. The molecule has 8 nitrogen and oxygen atoms in total. The Balaban J connectivity index is 1.81. The first-order valence-corrected chi connectivity index (χ1v) is 12.5. The van der Waals surface area contributed by atoms with Gasteiger partial charge in [-0.2, -0.15) is 0 Å². The van der Waals surface area contributed by atoms with E-state index in [2.05, 4.69) is 5.32 Å². The van der Waals surface area contributed by atoms with E-state index in [1.54, 1.807) is 36.4 Å². The van der Waals surface area contributed by atoms with Gasteiger partial charge in [-0.15, -0.1) is 0 Å². The highest BCUT2D eigenvalue weighted by Crippen LogP contribution is 2.34. The lowest BCUT2D eigenvalue weighted by molar-refractivity contribution is -0.119. The summed E-state index contributed by atoms with van der Waals surface area (Å²) in [4.78, 5) is 39.5. The first-order valence-electron chi connectivity index (χ1n) is 12.1. The smallest absolute Gasteiger partial charge is 0.252 e. The van der Waals surface area contributed by atoms with Crippen LogP contribution in [0, 0.1) is 5.41 Å². The number of nitrogens with zero attached hydrogens (tertiary/aromatic N) is 1. The summed E-state index contributed by atoms with van der Waals surface area (Å²) in [5, 5.41) is 10.7. The number of hydrogen-bond donors (Lipinski definition) is 3. The fourth-order valence-corrected chi connectivity index (χ4v) is 4.53. The number of benzene rings is 3. The molecule has 9 heteroatoms. The van der Waals surface area contributed by atoms with Crippen LogP contribution in [0.4, 0.5) is 11.4 Å². The number of amides is 1. The molecule has 0 aliphatic rings. The summed E-state index contributed by atoms with van der Waals surface area (Å²) < 4.78 is 6.94. The minimum absolute atomic E-state index is 0.192. The number of carbonyl (C=O) groups is 2. The number of nitrogens with one attached hydrogen (secondary N) is 2. The van der Waals surface area contributed by atoms with Crippen LogP contribution in [-0.4, -0.2) is 29.6 Å². The summed E-state index contributed by atoms with van der Waals surface area (Å²) in [5.41, 5.74) is 8.91. The zero-order chi connectivity index (χ0) is 28.1. The van der Waals surface area contributed by atoms with Gasteiger partial charge in [-0.3, -0.25) is 19.0 Å². The van der Waals surface area contributed by atoms with E-state index >= 15 is 0 Å². The number of ether oxygens (including phenoxy) is 1. The van der Waals surface area contributed by atoms with E-state index in [1.165, 1.54) is 30.9 Å². The van der Waals surface area contributed by atoms with Crippen molar-refractivity contribution in [3.63, 3.8) is 0 Å². The Morgan fingerprint density at radius 3 is 2.46 bits per heavy atom. The van der Waals surface area contributed by atoms with Crippen molar-refractivity contribution in [1.82, 2.24) is 4.57 Å². The number of nitrogens with two attached hydrogens (primary N) is 1. The second kappa shape index (κ2) is 11.8. The molecule has 3 aromatic carbocycles. The van der Waals surface area contributed by atoms with E-state index in [9.17, 15) is 14.4 Å². The Kier molecular flexibility index (Phi) is 8.27. The molecule has 4 aromatic rings. The lowest BCUT2D eigenvalue weighted by Gasteiger charge is -2.22. The fraction of sp³-hybridized carbons (Fsp3) is 0.133. The van der Waals surface area contributed by atoms with Crippen LogP contribution in [-0.2, 0) is 11.2 Å². The van der Waals surface area contributed by atoms with E-state index in [0.29, 0.717) is 44.4 Å². The van der Waals surface area contributed by atoms with Crippen LogP contribution < -0.4 is 21.3 Å². The monoisotopic (exact) mass is 542 g/mol. The summed E-state index contributed by atoms with van der Waals surface area (Å²) in [6.07, 6.45) is 2.82. The number of pyridine rings is 1. The number of halogens is 1. The van der Waals surface area contributed by atoms with Crippen LogP contribution in [0.1, 0.15) is 34.5 Å². The molecule has 198 valence electrons. The van der Waals surface area contributed by atoms with E-state index in [1.807, 2.05) is 30.3 Å². The van der Waals surface area contributed by atoms with Gasteiger partial charge in [0.05, 0.1) is 13.3 Å². The zero-order valence-corrected chi connectivity index (χ0v) is 22.2. The Labute approximate surface area is 230 Å². The summed E-state index contributed by atoms with van der Waals surface area (Å²) >= 11 is 6.22. The van der Waals surface area contributed by atoms with Gasteiger partial charge in [-0.1, -0.05) is 41.9 Å². The van der Waals surface area contributed by atoms with Crippen molar-refractivity contribution in [2.45, 2.75) is 19.4 Å². The number of methoxy groups -OCH3 is 1. The lowest BCUT2D eigenvalue weighted by atomic mass is 9.97. The molecule has 0 bridgehead atoms. The molecule has 0 fully saturated rings. The number of ketones is 1. The molecular weight excluding hydrogens is 516 g/mol. The maximum absolute atomic E-state index is 13.6. The van der Waals surface area contributed by atoms with Gasteiger partial charge in [0.1, 0.15) is 11.8 Å². The van der Waals surface area contributed by atoms with E-state index < -0.39 is 17.5 Å². The lowest BCUT2D eigenvalue weighted by Crippen LogP contribution is -2.34. The molecule has 0 saturated heterocycles. The standard InChI is InChI=1S/C30H27ClN4O4/c1-18(36)23-11-9-21(31)13-24(23)25-15-29(37)35(17-28(25)39-2)27(12-19-6-4-3-5-7-19)30(38)34-22-10-8-20(16-32)26(33)14-22/h3-11,13-17,27,32H,12,33H2,1-2H3,(H,34,38). The molecule has 1 amide bonds. The maximum Gasteiger partial charge on any atom is 0.252 e. The molecule has 1 unspecified atom stereocenters. The Bertz CT molecular complexity index is 1620. The first kappa shape index (κ1) is 27.3. The summed E-state index contributed by atoms with van der Waals surface area (Å²) in [6, 6.07) is 19.4. The van der Waals surface area contributed by atoms with Crippen molar-refractivity contribution in [3.05, 3.63) is 111 Å². The Hall–Kier alpha value is -4.69. The molecule has 4 rings (SSSR count). The van der Waals surface area contributed by atoms with Gasteiger partial charge < -0.3 is 21.2 Å². The first-order chi connectivity index (χ1) is 18.7. The highest BCUT2D eigenvalue weighted by atomic mass is 35.5. The van der Waals surface area contributed by atoms with Crippen molar-refractivity contribution >= 4 is 40.9 Å². The summed E-state index contributed by atoms with van der Waals surface area (Å²) in [7, 11) is 1.45. The number of Topliss-reactive ketones (excluding diaryl/α,β-unsaturated/α-hetero) is 1. The van der Waals surface area contributed by atoms with Crippen molar-refractivity contribution in [2.24, 2.45) is 0 Å². The third-order valence-corrected chi connectivity index (χ3v) is 6.57. The highest BCUT2D eigenvalue weighted by Gasteiger charge is 2.25. The second-order valence-electron chi connectivity index (χ2n) is 8.93. The van der Waals surface area contributed by atoms with Gasteiger partial charge in [0.15, 0.2) is 5.78 Å². The van der Waals surface area contributed by atoms with E-state index in [0.717, 1.165) is 11.8 Å². The molecule has 4 N–H and O–H groups in total. The maximum atomic E-state index is 13.6. The van der Waals surface area contributed by atoms with Gasteiger partial charge in [0.2, 0.25) is 5.91 Å². The zero-order valence-electron chi connectivity index (χ0n) is 21.4. The molecule has 1 heterocycles. The molecule has 0 saturated carbocycles. The highest BCUT2D eigenvalue weighted by molar-refractivity contribution is 6.31. The number of aromatic nitrogens is 1. The molecule has 0 radical (unpaired) electrons. The molecule has 1 atom stereocenters. The van der Waals surface area contributed by atoms with Crippen molar-refractivity contribution in [1.29, 1.82) is 5.41 Å². The minimum Gasteiger partial charge on any atom is -0.495 e. The second-order valence-corrected chi connectivity index (χ2v) is 9.37. The fourth-order valence-electron chi connectivity index (χ4n) is 4.36. The number of nitrogen functional groups attached to an aromatic ring is 1. The van der Waals surface area contributed by atoms with Crippen molar-refractivity contribution in [2.75, 3.05) is 18.2 Å². The average Bonchev–Trinajstić information content (AvgIpc) is 2.92. The quantitative estimate of drug-likeness (QED) is 0.149. The number of anilines is 2. The van der Waals surface area contributed by atoms with Crippen molar-refractivity contribution < 1.29 is 14.3 Å². The van der Waals surface area contributed by atoms with E-state index in [4.69, 9.17) is 27.5 Å². The average molecular weight is 543 g/mol. The minimum atomic E-state index is -0.946. The topological polar surface area (TPSA) is 127 Å². The van der Waals surface area contributed by atoms with Crippen LogP contribution in [0.3, 0.4) is 0 Å². The van der Waals surface area contributed by atoms with Gasteiger partial charge in [-0.05, 0) is 54.4 Å². The van der Waals surface area contributed by atoms with Crippen molar-refractivity contribution in [3.8, 4) is 16.9 Å². The number of hydrogen-bond acceptors (Lipinski definition) is 6. The van der Waals surface area contributed by atoms with Crippen LogP contribution in [0.2, 0.25) is 5.02 Å². The molecule has 0 aliphatic carbocycles. The van der Waals surface area contributed by atoms with Crippen LogP contribution in [0.15, 0.2) is 83.8 Å². The van der Waals surface area contributed by atoms with Crippen LogP contribution in [0.25, 0.3) is 11.1 Å². The van der Waals surface area contributed by atoms with Gasteiger partial charge >= 0.3 is 0 Å². The third kappa shape index (κ3) is 6.08. The normalized spacial score (nSPS) is 11.5. The Morgan fingerprint density at radius 2 is 1.82 bits per heavy atom. The van der Waals surface area contributed by atoms with Crippen LogP contribution >= 0.6 is 11.6 Å². The van der Waals surface area contributed by atoms with E-state index in [-0.39, 0.29) is 12.2 Å². The third-order valence-electron chi connectivity index (χ3n) is 6.34. The molecule has 0 aliphatic heterocycles. The molecular formula is C30H27ClN4O4. The predicted molar refractivity (Wildman–Crippen MR) is 154 cm³/mol. The summed E-state index contributed by atoms with van der Waals surface area (Å²) in [6.45, 7) is 1.43. The Morgan fingerprint density at radius 1 is 1.08 bits per heavy atom. The predicted octanol–water partition coefficient (Wildman–Crippen LogP) is 5.38. The van der Waals surface area contributed by atoms with Crippen LogP contribution in [0.5, 0.6) is 5.75 Å². The molecule has 0 spiro atoms. The van der Waals surface area contributed by atoms with Gasteiger partial charge in [-0.25, -0.2) is 0 Å². The summed E-state index contributed by atoms with van der Waals surface area (Å²) in [5.74, 6) is -0.336. The largest absolute Gasteiger partial charge is 0.495 e. The van der Waals surface area contributed by atoms with Gasteiger partial charge in [0.25, 0.3) is 5.56 Å². The SMILES string of the molecule is COc1cn(C(Cc2ccccc2)C(=O)Nc2ccc(C=N)c(N)c2)c(=O)cc1-c1cc(Cl)ccc1C(C)=O. The molecule has 39 heavy (non-hydrogen) atoms. The number of rotatable bonds is 9.